The van der Waals surface area contributed by atoms with Gasteiger partial charge in [-0.05, 0) is 39.3 Å². The maximum absolute atomic E-state index is 14.0. The number of amides is 1. The maximum atomic E-state index is 14.0. The smallest absolute Gasteiger partial charge is 0.408 e. The van der Waals surface area contributed by atoms with E-state index in [-0.39, 0.29) is 18.8 Å². The molecule has 0 unspecified atom stereocenters. The van der Waals surface area contributed by atoms with Crippen LogP contribution in [-0.2, 0) is 19.8 Å². The minimum Gasteiger partial charge on any atom is -0.496 e. The van der Waals surface area contributed by atoms with E-state index < -0.39 is 29.1 Å². The van der Waals surface area contributed by atoms with Gasteiger partial charge in [-0.3, -0.25) is 9.59 Å². The molecule has 2 aromatic carbocycles. The predicted molar refractivity (Wildman–Crippen MR) is 119 cm³/mol. The molecule has 0 aliphatic heterocycles. The first kappa shape index (κ1) is 23.3. The second-order valence-electron chi connectivity index (χ2n) is 8.61. The number of rotatable bonds is 6. The lowest BCUT2D eigenvalue weighted by molar-refractivity contribution is -0.143. The third-order valence-electron chi connectivity index (χ3n) is 5.37. The van der Waals surface area contributed by atoms with E-state index in [9.17, 15) is 14.4 Å². The van der Waals surface area contributed by atoms with Crippen molar-refractivity contribution in [3.8, 4) is 5.75 Å². The summed E-state index contributed by atoms with van der Waals surface area (Å²) in [7, 11) is 1.49. The van der Waals surface area contributed by atoms with Gasteiger partial charge in [0, 0.05) is 17.0 Å². The molecule has 170 valence electrons. The number of fused-ring (bicyclic) bond motifs is 1. The highest BCUT2D eigenvalue weighted by molar-refractivity contribution is 6.11. The van der Waals surface area contributed by atoms with Crippen LogP contribution in [0.4, 0.5) is 4.79 Å². The molecule has 32 heavy (non-hydrogen) atoms. The van der Waals surface area contributed by atoms with Crippen molar-refractivity contribution >= 4 is 17.8 Å². The number of esters is 1. The van der Waals surface area contributed by atoms with E-state index in [1.165, 1.54) is 7.11 Å². The van der Waals surface area contributed by atoms with E-state index in [4.69, 9.17) is 14.2 Å². The van der Waals surface area contributed by atoms with E-state index in [1.807, 2.05) is 0 Å². The van der Waals surface area contributed by atoms with Crippen LogP contribution < -0.4 is 10.1 Å². The third-order valence-corrected chi connectivity index (χ3v) is 5.37. The molecule has 1 aliphatic rings. The Kier molecular flexibility index (Phi) is 6.57. The molecule has 0 fully saturated rings. The van der Waals surface area contributed by atoms with Crippen LogP contribution in [0.25, 0.3) is 0 Å². The van der Waals surface area contributed by atoms with Gasteiger partial charge in [0.1, 0.15) is 16.9 Å². The van der Waals surface area contributed by atoms with Crippen molar-refractivity contribution in [1.29, 1.82) is 0 Å². The van der Waals surface area contributed by atoms with Gasteiger partial charge in [0.25, 0.3) is 0 Å². The lowest BCUT2D eigenvalue weighted by Crippen LogP contribution is -2.54. The molecule has 0 heterocycles. The van der Waals surface area contributed by atoms with Crippen LogP contribution in [-0.4, -0.2) is 37.2 Å². The van der Waals surface area contributed by atoms with Crippen LogP contribution in [0, 0.1) is 0 Å². The molecule has 2 atom stereocenters. The van der Waals surface area contributed by atoms with Crippen molar-refractivity contribution in [3.63, 3.8) is 0 Å². The Hall–Kier alpha value is -3.35. The van der Waals surface area contributed by atoms with Crippen LogP contribution in [0.3, 0.4) is 0 Å². The Labute approximate surface area is 188 Å². The Morgan fingerprint density at radius 1 is 1.06 bits per heavy atom. The van der Waals surface area contributed by atoms with Gasteiger partial charge in [-0.2, -0.15) is 0 Å². The number of Topliss-reactive ketones (excluding diaryl/α,β-unsaturated/α-hetero) is 1. The average Bonchev–Trinajstić information content (AvgIpc) is 2.96. The Morgan fingerprint density at radius 3 is 2.38 bits per heavy atom. The first-order valence-electron chi connectivity index (χ1n) is 10.6. The maximum Gasteiger partial charge on any atom is 0.408 e. The highest BCUT2D eigenvalue weighted by Gasteiger charge is 2.57. The Balaban J connectivity index is 2.24. The molecule has 1 N–H and O–H groups in total. The second kappa shape index (κ2) is 9.02. The molecule has 0 aromatic heterocycles. The molecule has 0 saturated heterocycles. The fourth-order valence-corrected chi connectivity index (χ4v) is 4.22. The molecule has 7 heteroatoms. The zero-order valence-electron chi connectivity index (χ0n) is 19.1. The Bertz CT molecular complexity index is 1030. The standard InChI is InChI=1S/C25H29NO6/c1-6-31-21(27)15-19-16-11-7-8-12-17(16)22(28)25(19,26-23(29)32-24(2,3)4)18-13-9-10-14-20(18)30-5/h7-14,19H,6,15H2,1-5H3,(H,26,29)/t19-,25-/m1/s1. The van der Waals surface area contributed by atoms with E-state index in [2.05, 4.69) is 5.32 Å². The minimum absolute atomic E-state index is 0.107. The lowest BCUT2D eigenvalue weighted by Gasteiger charge is -2.36. The first-order valence-corrected chi connectivity index (χ1v) is 10.6. The summed E-state index contributed by atoms with van der Waals surface area (Å²) >= 11 is 0. The SMILES string of the molecule is CCOC(=O)C[C@@H]1c2ccccc2C(=O)[C@@]1(NC(=O)OC(C)(C)C)c1ccccc1OC. The van der Waals surface area contributed by atoms with Gasteiger partial charge >= 0.3 is 12.1 Å². The number of carbonyl (C=O) groups is 3. The summed E-state index contributed by atoms with van der Waals surface area (Å²) in [5.41, 5.74) is -0.845. The van der Waals surface area contributed by atoms with Gasteiger partial charge in [-0.15, -0.1) is 0 Å². The lowest BCUT2D eigenvalue weighted by atomic mass is 9.75. The van der Waals surface area contributed by atoms with Crippen molar-refractivity contribution in [2.75, 3.05) is 13.7 Å². The second-order valence-corrected chi connectivity index (χ2v) is 8.61. The summed E-state index contributed by atoms with van der Waals surface area (Å²) in [6.45, 7) is 7.15. The fraction of sp³-hybridized carbons (Fsp3) is 0.400. The van der Waals surface area contributed by atoms with Crippen molar-refractivity contribution in [2.24, 2.45) is 0 Å². The van der Waals surface area contributed by atoms with Crippen molar-refractivity contribution in [1.82, 2.24) is 5.32 Å². The van der Waals surface area contributed by atoms with Gasteiger partial charge in [0.05, 0.1) is 20.1 Å². The van der Waals surface area contributed by atoms with Gasteiger partial charge < -0.3 is 19.5 Å². The number of hydrogen-bond acceptors (Lipinski definition) is 6. The van der Waals surface area contributed by atoms with Crippen LogP contribution >= 0.6 is 0 Å². The third kappa shape index (κ3) is 4.33. The summed E-state index contributed by atoms with van der Waals surface area (Å²) in [6, 6.07) is 14.0. The van der Waals surface area contributed by atoms with Crippen molar-refractivity contribution < 1.29 is 28.6 Å². The highest BCUT2D eigenvalue weighted by Crippen LogP contribution is 2.51. The summed E-state index contributed by atoms with van der Waals surface area (Å²) in [5, 5.41) is 2.84. The molecular weight excluding hydrogens is 410 g/mol. The number of ether oxygens (including phenoxy) is 3. The predicted octanol–water partition coefficient (Wildman–Crippen LogP) is 4.35. The van der Waals surface area contributed by atoms with Crippen molar-refractivity contribution in [3.05, 3.63) is 65.2 Å². The van der Waals surface area contributed by atoms with E-state index in [0.29, 0.717) is 22.4 Å². The zero-order valence-corrected chi connectivity index (χ0v) is 19.1. The quantitative estimate of drug-likeness (QED) is 0.673. The first-order chi connectivity index (χ1) is 15.1. The van der Waals surface area contributed by atoms with E-state index in [0.717, 1.165) is 0 Å². The molecule has 1 amide bonds. The molecule has 2 aromatic rings. The topological polar surface area (TPSA) is 90.9 Å². The highest BCUT2D eigenvalue weighted by atomic mass is 16.6. The van der Waals surface area contributed by atoms with Crippen LogP contribution in [0.2, 0.25) is 0 Å². The summed E-state index contributed by atoms with van der Waals surface area (Å²) in [5.74, 6) is -1.10. The van der Waals surface area contributed by atoms with E-state index >= 15 is 0 Å². The van der Waals surface area contributed by atoms with Gasteiger partial charge in [-0.1, -0.05) is 42.5 Å². The number of carbonyl (C=O) groups excluding carboxylic acids is 3. The van der Waals surface area contributed by atoms with Crippen LogP contribution in [0.5, 0.6) is 5.75 Å². The zero-order chi connectivity index (χ0) is 23.5. The summed E-state index contributed by atoms with van der Waals surface area (Å²) in [4.78, 5) is 39.6. The summed E-state index contributed by atoms with van der Waals surface area (Å²) in [6.07, 6.45) is -0.872. The fourth-order valence-electron chi connectivity index (χ4n) is 4.22. The molecule has 0 spiro atoms. The minimum atomic E-state index is -1.61. The van der Waals surface area contributed by atoms with Crippen molar-refractivity contribution in [2.45, 2.75) is 51.2 Å². The molecule has 0 radical (unpaired) electrons. The van der Waals surface area contributed by atoms with Gasteiger partial charge in [-0.25, -0.2) is 4.79 Å². The average molecular weight is 440 g/mol. The number of benzene rings is 2. The Morgan fingerprint density at radius 2 is 1.72 bits per heavy atom. The molecule has 0 bridgehead atoms. The number of alkyl carbamates (subject to hydrolysis) is 1. The van der Waals surface area contributed by atoms with E-state index in [1.54, 1.807) is 76.2 Å². The van der Waals surface area contributed by atoms with Gasteiger partial charge in [0.15, 0.2) is 5.78 Å². The monoisotopic (exact) mass is 439 g/mol. The molecule has 3 rings (SSSR count). The number of ketones is 1. The van der Waals surface area contributed by atoms with Crippen LogP contribution in [0.1, 0.15) is 61.5 Å². The molecular formula is C25H29NO6. The van der Waals surface area contributed by atoms with Gasteiger partial charge in [0.2, 0.25) is 0 Å². The van der Waals surface area contributed by atoms with Crippen LogP contribution in [0.15, 0.2) is 48.5 Å². The number of methoxy groups -OCH3 is 1. The number of nitrogens with one attached hydrogen (secondary N) is 1. The molecule has 0 saturated carbocycles. The molecule has 7 nitrogen and oxygen atoms in total. The summed E-state index contributed by atoms with van der Waals surface area (Å²) < 4.78 is 16.3. The molecule has 1 aliphatic carbocycles. The number of para-hydroxylation sites is 1. The largest absolute Gasteiger partial charge is 0.496 e. The number of hydrogen-bond donors (Lipinski definition) is 1. The normalized spacial score (nSPS) is 19.8.